The first-order valence-electron chi connectivity index (χ1n) is 5.00. The molecule has 1 aliphatic heterocycles. The summed E-state index contributed by atoms with van der Waals surface area (Å²) < 4.78 is 0. The summed E-state index contributed by atoms with van der Waals surface area (Å²) in [6, 6.07) is 6.50. The third kappa shape index (κ3) is 1.67. The highest BCUT2D eigenvalue weighted by Crippen LogP contribution is 2.29. The van der Waals surface area contributed by atoms with Gasteiger partial charge in [-0.05, 0) is 38.0 Å². The lowest BCUT2D eigenvalue weighted by molar-refractivity contribution is 0.735. The van der Waals surface area contributed by atoms with E-state index in [0.717, 1.165) is 6.54 Å². The zero-order valence-corrected chi connectivity index (χ0v) is 9.09. The van der Waals surface area contributed by atoms with Gasteiger partial charge in [-0.1, -0.05) is 11.6 Å². The van der Waals surface area contributed by atoms with Crippen molar-refractivity contribution in [2.45, 2.75) is 25.8 Å². The fourth-order valence-electron chi connectivity index (χ4n) is 2.01. The number of rotatable bonds is 1. The van der Waals surface area contributed by atoms with Crippen LogP contribution in [-0.4, -0.2) is 12.6 Å². The molecule has 0 spiro atoms. The fourth-order valence-corrected chi connectivity index (χ4v) is 2.19. The Morgan fingerprint density at radius 3 is 2.86 bits per heavy atom. The molecule has 0 amide bonds. The molecule has 1 aromatic rings. The van der Waals surface area contributed by atoms with Gasteiger partial charge in [0.2, 0.25) is 0 Å². The highest BCUT2D eigenvalue weighted by molar-refractivity contribution is 6.33. The predicted molar refractivity (Wildman–Crippen MR) is 61.9 cm³/mol. The molecular weight excluding hydrogens is 196 g/mol. The smallest absolute Gasteiger partial charge is 0.0656 e. The van der Waals surface area contributed by atoms with Crippen LogP contribution in [0.3, 0.4) is 0 Å². The van der Waals surface area contributed by atoms with E-state index in [-0.39, 0.29) is 0 Å². The number of hydrogen-bond donors (Lipinski definition) is 1. The van der Waals surface area contributed by atoms with Crippen molar-refractivity contribution in [2.24, 2.45) is 0 Å². The van der Waals surface area contributed by atoms with Gasteiger partial charge in [0.1, 0.15) is 0 Å². The Morgan fingerprint density at radius 1 is 1.50 bits per heavy atom. The van der Waals surface area contributed by atoms with Crippen LogP contribution in [0.25, 0.3) is 0 Å². The molecule has 0 radical (unpaired) electrons. The molecule has 2 rings (SSSR count). The van der Waals surface area contributed by atoms with Gasteiger partial charge in [-0.2, -0.15) is 0 Å². The lowest BCUT2D eigenvalue weighted by atomic mass is 10.2. The topological polar surface area (TPSA) is 29.3 Å². The predicted octanol–water partition coefficient (Wildman–Crippen LogP) is 2.91. The maximum atomic E-state index is 5.99. The van der Waals surface area contributed by atoms with E-state index >= 15 is 0 Å². The molecular formula is C11H15ClN2. The van der Waals surface area contributed by atoms with Gasteiger partial charge < -0.3 is 10.6 Å². The zero-order chi connectivity index (χ0) is 10.1. The number of anilines is 2. The average molecular weight is 211 g/mol. The summed E-state index contributed by atoms with van der Waals surface area (Å²) in [6.45, 7) is 3.37. The van der Waals surface area contributed by atoms with Crippen molar-refractivity contribution >= 4 is 23.0 Å². The molecule has 0 aromatic heterocycles. The summed E-state index contributed by atoms with van der Waals surface area (Å²) in [5, 5.41) is 0.654. The third-order valence-electron chi connectivity index (χ3n) is 2.87. The maximum Gasteiger partial charge on any atom is 0.0656 e. The van der Waals surface area contributed by atoms with Crippen LogP contribution in [0, 0.1) is 0 Å². The van der Waals surface area contributed by atoms with Crippen molar-refractivity contribution in [2.75, 3.05) is 17.2 Å². The third-order valence-corrected chi connectivity index (χ3v) is 3.20. The van der Waals surface area contributed by atoms with Crippen molar-refractivity contribution in [1.29, 1.82) is 0 Å². The lowest BCUT2D eigenvalue weighted by Gasteiger charge is -2.24. The van der Waals surface area contributed by atoms with E-state index in [2.05, 4.69) is 11.8 Å². The van der Waals surface area contributed by atoms with Crippen LogP contribution in [0.2, 0.25) is 5.02 Å². The molecule has 76 valence electrons. The van der Waals surface area contributed by atoms with E-state index in [0.29, 0.717) is 16.8 Å². The molecule has 1 aliphatic rings. The van der Waals surface area contributed by atoms with Crippen LogP contribution in [-0.2, 0) is 0 Å². The lowest BCUT2D eigenvalue weighted by Crippen LogP contribution is -2.26. The zero-order valence-electron chi connectivity index (χ0n) is 8.33. The van der Waals surface area contributed by atoms with Crippen LogP contribution in [0.5, 0.6) is 0 Å². The highest BCUT2D eigenvalue weighted by atomic mass is 35.5. The molecule has 0 bridgehead atoms. The van der Waals surface area contributed by atoms with Crippen LogP contribution in [0.15, 0.2) is 18.2 Å². The molecule has 2 N–H and O–H groups in total. The molecule has 3 heteroatoms. The first-order chi connectivity index (χ1) is 6.68. The standard InChI is InChI=1S/C11H15ClN2/c1-8-3-2-6-14(8)9-4-5-11(13)10(12)7-9/h4-5,7-8H,2-3,6,13H2,1H3. The number of nitrogens with zero attached hydrogens (tertiary/aromatic N) is 1. The van der Waals surface area contributed by atoms with Crippen LogP contribution < -0.4 is 10.6 Å². The van der Waals surface area contributed by atoms with Crippen molar-refractivity contribution in [1.82, 2.24) is 0 Å². The monoisotopic (exact) mass is 210 g/mol. The van der Waals surface area contributed by atoms with Gasteiger partial charge in [-0.25, -0.2) is 0 Å². The molecule has 0 aliphatic carbocycles. The van der Waals surface area contributed by atoms with E-state index in [9.17, 15) is 0 Å². The molecule has 1 unspecified atom stereocenters. The van der Waals surface area contributed by atoms with Gasteiger partial charge in [-0.3, -0.25) is 0 Å². The molecule has 1 atom stereocenters. The number of halogens is 1. The van der Waals surface area contributed by atoms with Crippen molar-refractivity contribution < 1.29 is 0 Å². The van der Waals surface area contributed by atoms with Crippen LogP contribution >= 0.6 is 11.6 Å². The molecule has 1 fully saturated rings. The highest BCUT2D eigenvalue weighted by Gasteiger charge is 2.20. The Morgan fingerprint density at radius 2 is 2.29 bits per heavy atom. The Kier molecular flexibility index (Phi) is 2.55. The number of hydrogen-bond acceptors (Lipinski definition) is 2. The van der Waals surface area contributed by atoms with E-state index in [4.69, 9.17) is 17.3 Å². The summed E-state index contributed by atoms with van der Waals surface area (Å²) >= 11 is 5.99. The van der Waals surface area contributed by atoms with E-state index in [1.807, 2.05) is 18.2 Å². The second-order valence-electron chi connectivity index (χ2n) is 3.89. The van der Waals surface area contributed by atoms with E-state index in [1.165, 1.54) is 18.5 Å². The van der Waals surface area contributed by atoms with E-state index < -0.39 is 0 Å². The number of nitrogen functional groups attached to an aromatic ring is 1. The Balaban J connectivity index is 2.28. The van der Waals surface area contributed by atoms with Gasteiger partial charge in [-0.15, -0.1) is 0 Å². The van der Waals surface area contributed by atoms with Gasteiger partial charge in [0.25, 0.3) is 0 Å². The van der Waals surface area contributed by atoms with Gasteiger partial charge in [0.15, 0.2) is 0 Å². The van der Waals surface area contributed by atoms with Gasteiger partial charge in [0, 0.05) is 18.3 Å². The Labute approximate surface area is 89.7 Å². The summed E-state index contributed by atoms with van der Waals surface area (Å²) in [5.41, 5.74) is 7.52. The molecule has 2 nitrogen and oxygen atoms in total. The van der Waals surface area contributed by atoms with Crippen molar-refractivity contribution in [3.8, 4) is 0 Å². The normalized spacial score (nSPS) is 21.6. The minimum absolute atomic E-state index is 0.620. The van der Waals surface area contributed by atoms with Gasteiger partial charge in [0.05, 0.1) is 10.7 Å². The van der Waals surface area contributed by atoms with Crippen LogP contribution in [0.4, 0.5) is 11.4 Å². The molecule has 1 saturated heterocycles. The second-order valence-corrected chi connectivity index (χ2v) is 4.30. The van der Waals surface area contributed by atoms with Gasteiger partial charge >= 0.3 is 0 Å². The minimum atomic E-state index is 0.620. The SMILES string of the molecule is CC1CCCN1c1ccc(N)c(Cl)c1. The first kappa shape index (κ1) is 9.66. The van der Waals surface area contributed by atoms with Crippen LogP contribution in [0.1, 0.15) is 19.8 Å². The molecule has 1 heterocycles. The molecule has 1 aromatic carbocycles. The second kappa shape index (κ2) is 3.70. The first-order valence-corrected chi connectivity index (χ1v) is 5.38. The maximum absolute atomic E-state index is 5.99. The molecule has 14 heavy (non-hydrogen) atoms. The summed E-state index contributed by atoms with van der Waals surface area (Å²) in [4.78, 5) is 2.38. The summed E-state index contributed by atoms with van der Waals surface area (Å²) in [7, 11) is 0. The van der Waals surface area contributed by atoms with E-state index in [1.54, 1.807) is 0 Å². The molecule has 0 saturated carbocycles. The summed E-state index contributed by atoms with van der Waals surface area (Å²) in [5.74, 6) is 0. The Hall–Kier alpha value is -0.890. The van der Waals surface area contributed by atoms with Crippen molar-refractivity contribution in [3.05, 3.63) is 23.2 Å². The largest absolute Gasteiger partial charge is 0.398 e. The van der Waals surface area contributed by atoms with Crippen molar-refractivity contribution in [3.63, 3.8) is 0 Å². The Bertz CT molecular complexity index is 338. The summed E-state index contributed by atoms with van der Waals surface area (Å²) in [6.07, 6.45) is 2.53. The average Bonchev–Trinajstić information content (AvgIpc) is 2.57. The quantitative estimate of drug-likeness (QED) is 0.723. The number of benzene rings is 1. The fraction of sp³-hybridized carbons (Fsp3) is 0.455. The minimum Gasteiger partial charge on any atom is -0.398 e. The number of nitrogens with two attached hydrogens (primary N) is 1.